The standard InChI is InChI=1S/C42H43ClN6O6/c1-41(2)39(42(3,4)40(41)55-29-10-7-24(22-44)32(43)21-29)46-35(51)23-5-8-27(9-6-23)47-13-15-48(16-14-47)28-17-25-19-30-31(20-26(25)18-28)38(54)49(37(30)53)33-11-12-34(50)45-36(33)52/h5-10,19-21,28,33,39-40H,11-18H2,1-4H3,(H,46,51)(H,45,50,52)/t33?,39-,40-. The number of rotatable bonds is 7. The molecule has 3 aromatic carbocycles. The van der Waals surface area contributed by atoms with Gasteiger partial charge in [0.05, 0.1) is 21.7 Å². The summed E-state index contributed by atoms with van der Waals surface area (Å²) in [6.07, 6.45) is 1.58. The molecule has 1 atom stereocenters. The highest BCUT2D eigenvalue weighted by molar-refractivity contribution is 6.31. The summed E-state index contributed by atoms with van der Waals surface area (Å²) >= 11 is 6.24. The Morgan fingerprint density at radius 3 is 2.07 bits per heavy atom. The zero-order valence-corrected chi connectivity index (χ0v) is 32.0. The molecule has 2 N–H and O–H groups in total. The van der Waals surface area contributed by atoms with Crippen LogP contribution in [0.5, 0.6) is 5.75 Å². The summed E-state index contributed by atoms with van der Waals surface area (Å²) in [7, 11) is 0. The highest BCUT2D eigenvalue weighted by atomic mass is 35.5. The Balaban J connectivity index is 0.846. The summed E-state index contributed by atoms with van der Waals surface area (Å²) in [6.45, 7) is 11.7. The number of benzene rings is 3. The molecule has 0 radical (unpaired) electrons. The van der Waals surface area contributed by atoms with Crippen molar-refractivity contribution in [2.24, 2.45) is 10.8 Å². The number of carbonyl (C=O) groups is 5. The lowest BCUT2D eigenvalue weighted by atomic mass is 9.49. The highest BCUT2D eigenvalue weighted by Gasteiger charge is 2.64. The minimum Gasteiger partial charge on any atom is -0.489 e. The molecule has 3 heterocycles. The molecule has 8 rings (SSSR count). The van der Waals surface area contributed by atoms with E-state index in [1.807, 2.05) is 36.4 Å². The zero-order valence-electron chi connectivity index (χ0n) is 31.3. The van der Waals surface area contributed by atoms with Crippen molar-refractivity contribution in [3.63, 3.8) is 0 Å². The summed E-state index contributed by atoms with van der Waals surface area (Å²) in [5, 5.41) is 15.1. The van der Waals surface area contributed by atoms with E-state index in [0.29, 0.717) is 33.0 Å². The molecular formula is C42H43ClN6O6. The number of anilines is 1. The van der Waals surface area contributed by atoms with E-state index < -0.39 is 29.7 Å². The molecule has 12 nitrogen and oxygen atoms in total. The molecule has 3 aliphatic heterocycles. The Bertz CT molecular complexity index is 2130. The van der Waals surface area contributed by atoms with Crippen LogP contribution in [-0.2, 0) is 22.4 Å². The van der Waals surface area contributed by atoms with Crippen LogP contribution in [0.1, 0.15) is 88.3 Å². The number of nitriles is 1. The number of halogens is 1. The maximum absolute atomic E-state index is 13.5. The van der Waals surface area contributed by atoms with Gasteiger partial charge in [-0.25, -0.2) is 0 Å². The van der Waals surface area contributed by atoms with E-state index in [2.05, 4.69) is 54.2 Å². The maximum atomic E-state index is 13.5. The second kappa shape index (κ2) is 13.5. The third-order valence-electron chi connectivity index (χ3n) is 12.4. The molecule has 0 bridgehead atoms. The van der Waals surface area contributed by atoms with Gasteiger partial charge in [0.25, 0.3) is 17.7 Å². The van der Waals surface area contributed by atoms with E-state index in [-0.39, 0.29) is 47.8 Å². The fourth-order valence-corrected chi connectivity index (χ4v) is 10.0. The maximum Gasteiger partial charge on any atom is 0.262 e. The number of amides is 5. The highest BCUT2D eigenvalue weighted by Crippen LogP contribution is 2.55. The summed E-state index contributed by atoms with van der Waals surface area (Å²) < 4.78 is 6.37. The first kappa shape index (κ1) is 36.7. The molecule has 2 aliphatic carbocycles. The Hall–Kier alpha value is -5.25. The smallest absolute Gasteiger partial charge is 0.262 e. The van der Waals surface area contributed by atoms with Gasteiger partial charge in [0.15, 0.2) is 0 Å². The summed E-state index contributed by atoms with van der Waals surface area (Å²) in [6, 6.07) is 17.7. The van der Waals surface area contributed by atoms with Gasteiger partial charge >= 0.3 is 0 Å². The molecule has 5 aliphatic rings. The van der Waals surface area contributed by atoms with Crippen LogP contribution in [0.4, 0.5) is 5.69 Å². The lowest BCUT2D eigenvalue weighted by Crippen LogP contribution is -2.74. The summed E-state index contributed by atoms with van der Waals surface area (Å²) in [5.74, 6) is -1.50. The van der Waals surface area contributed by atoms with Gasteiger partial charge in [-0.3, -0.25) is 39.1 Å². The minimum absolute atomic E-state index is 0.0909. The van der Waals surface area contributed by atoms with E-state index in [1.165, 1.54) is 0 Å². The number of nitrogens with zero attached hydrogens (tertiary/aromatic N) is 4. The molecule has 55 heavy (non-hydrogen) atoms. The molecule has 2 saturated heterocycles. The lowest BCUT2D eigenvalue weighted by Gasteiger charge is -2.63. The van der Waals surface area contributed by atoms with Crippen LogP contribution in [0, 0.1) is 22.2 Å². The van der Waals surface area contributed by atoms with Gasteiger partial charge < -0.3 is 15.0 Å². The average molecular weight is 763 g/mol. The van der Waals surface area contributed by atoms with E-state index >= 15 is 0 Å². The number of piperidine rings is 1. The number of carbonyl (C=O) groups excluding carboxylic acids is 5. The molecule has 3 aromatic rings. The van der Waals surface area contributed by atoms with Crippen LogP contribution in [0.25, 0.3) is 0 Å². The van der Waals surface area contributed by atoms with Gasteiger partial charge in [0.1, 0.15) is 24.0 Å². The van der Waals surface area contributed by atoms with Gasteiger partial charge in [-0.05, 0) is 78.9 Å². The van der Waals surface area contributed by atoms with Crippen molar-refractivity contribution < 1.29 is 28.7 Å². The second-order valence-corrected chi connectivity index (χ2v) is 17.0. The summed E-state index contributed by atoms with van der Waals surface area (Å²) in [4.78, 5) is 70.1. The Kier molecular flexibility index (Phi) is 9.01. The van der Waals surface area contributed by atoms with Crippen LogP contribution in [0.2, 0.25) is 5.02 Å². The van der Waals surface area contributed by atoms with Gasteiger partial charge in [-0.2, -0.15) is 5.26 Å². The van der Waals surface area contributed by atoms with E-state index in [4.69, 9.17) is 16.3 Å². The predicted octanol–water partition coefficient (Wildman–Crippen LogP) is 4.51. The Labute approximate surface area is 324 Å². The molecule has 0 spiro atoms. The molecule has 0 aromatic heterocycles. The molecule has 5 amide bonds. The zero-order chi connectivity index (χ0) is 39.0. The fourth-order valence-electron chi connectivity index (χ4n) is 9.80. The van der Waals surface area contributed by atoms with Crippen LogP contribution in [0.15, 0.2) is 54.6 Å². The number of hydrogen-bond donors (Lipinski definition) is 2. The number of nitrogens with one attached hydrogen (secondary N) is 2. The fraction of sp³-hybridized carbons (Fsp3) is 0.429. The topological polar surface area (TPSA) is 152 Å². The molecule has 1 saturated carbocycles. The number of fused-ring (bicyclic) bond motifs is 2. The van der Waals surface area contributed by atoms with Crippen molar-refractivity contribution in [2.45, 2.75) is 77.6 Å². The second-order valence-electron chi connectivity index (χ2n) is 16.5. The van der Waals surface area contributed by atoms with Gasteiger partial charge in [0, 0.05) is 72.8 Å². The number of ether oxygens (including phenoxy) is 1. The monoisotopic (exact) mass is 762 g/mol. The van der Waals surface area contributed by atoms with E-state index in [0.717, 1.165) is 60.7 Å². The van der Waals surface area contributed by atoms with Crippen molar-refractivity contribution in [3.8, 4) is 11.8 Å². The first-order valence-corrected chi connectivity index (χ1v) is 19.2. The van der Waals surface area contributed by atoms with Crippen LogP contribution < -0.4 is 20.3 Å². The minimum atomic E-state index is -0.970. The van der Waals surface area contributed by atoms with Crippen LogP contribution >= 0.6 is 11.6 Å². The number of imide groups is 2. The summed E-state index contributed by atoms with van der Waals surface area (Å²) in [5.41, 5.74) is 4.08. The largest absolute Gasteiger partial charge is 0.489 e. The quantitative estimate of drug-likeness (QED) is 0.331. The SMILES string of the molecule is CC1(C)[C@H](NC(=O)c2ccc(N3CCN(C4Cc5cc6c(cc5C4)C(=O)N(C4CCC(=O)NC4=O)C6=O)CC3)cc2)C(C)(C)[C@H]1Oc1ccc(C#N)c(Cl)c1. The van der Waals surface area contributed by atoms with Gasteiger partial charge in [-0.1, -0.05) is 39.3 Å². The third-order valence-corrected chi connectivity index (χ3v) is 12.7. The van der Waals surface area contributed by atoms with Crippen molar-refractivity contribution >= 4 is 46.8 Å². The predicted molar refractivity (Wildman–Crippen MR) is 204 cm³/mol. The van der Waals surface area contributed by atoms with Gasteiger partial charge in [-0.15, -0.1) is 0 Å². The van der Waals surface area contributed by atoms with Crippen LogP contribution in [0.3, 0.4) is 0 Å². The molecule has 3 fully saturated rings. The Morgan fingerprint density at radius 2 is 1.51 bits per heavy atom. The first-order chi connectivity index (χ1) is 26.2. The Morgan fingerprint density at radius 1 is 0.891 bits per heavy atom. The van der Waals surface area contributed by atoms with E-state index in [1.54, 1.807) is 18.2 Å². The van der Waals surface area contributed by atoms with Gasteiger partial charge in [0.2, 0.25) is 11.8 Å². The van der Waals surface area contributed by atoms with Crippen molar-refractivity contribution in [2.75, 3.05) is 31.1 Å². The third kappa shape index (κ3) is 6.23. The lowest BCUT2D eigenvalue weighted by molar-refractivity contribution is -0.164. The number of hydrogen-bond acceptors (Lipinski definition) is 9. The molecule has 1 unspecified atom stereocenters. The van der Waals surface area contributed by atoms with E-state index in [9.17, 15) is 29.2 Å². The normalized spacial score (nSPS) is 24.5. The van der Waals surface area contributed by atoms with Crippen molar-refractivity contribution in [3.05, 3.63) is 93.0 Å². The molecule has 13 heteroatoms. The number of piperazine rings is 1. The van der Waals surface area contributed by atoms with Crippen LogP contribution in [-0.4, -0.2) is 89.7 Å². The van der Waals surface area contributed by atoms with Crippen molar-refractivity contribution in [1.82, 2.24) is 20.4 Å². The molecule has 284 valence electrons. The first-order valence-electron chi connectivity index (χ1n) is 18.8. The average Bonchev–Trinajstić information content (AvgIpc) is 3.69. The van der Waals surface area contributed by atoms with Crippen molar-refractivity contribution in [1.29, 1.82) is 5.26 Å². The molecular weight excluding hydrogens is 720 g/mol.